The normalized spacial score (nSPS) is 17.3. The van der Waals surface area contributed by atoms with Gasteiger partial charge in [-0.3, -0.25) is 4.79 Å². The van der Waals surface area contributed by atoms with Crippen molar-refractivity contribution in [2.75, 3.05) is 6.54 Å². The van der Waals surface area contributed by atoms with Gasteiger partial charge in [0.25, 0.3) is 0 Å². The van der Waals surface area contributed by atoms with Crippen molar-refractivity contribution in [1.29, 1.82) is 0 Å². The quantitative estimate of drug-likeness (QED) is 0.623. The minimum Gasteiger partial charge on any atom is -0.480 e. The van der Waals surface area contributed by atoms with Crippen LogP contribution in [-0.2, 0) is 26.0 Å². The second-order valence-corrected chi connectivity index (χ2v) is 8.44. The van der Waals surface area contributed by atoms with Crippen LogP contribution in [0.2, 0.25) is 0 Å². The highest BCUT2D eigenvalue weighted by molar-refractivity contribution is 7.89. The van der Waals surface area contributed by atoms with E-state index in [1.807, 2.05) is 0 Å². The maximum Gasteiger partial charge on any atom is 0.329 e. The minimum atomic E-state index is -3.53. The molecule has 0 atom stereocenters. The Morgan fingerprint density at radius 3 is 2.15 bits per heavy atom. The molecule has 1 aliphatic carbocycles. The Balaban J connectivity index is 2.06. The molecule has 7 nitrogen and oxygen atoms in total. The first kappa shape index (κ1) is 20.4. The molecule has 0 heterocycles. The summed E-state index contributed by atoms with van der Waals surface area (Å²) in [6, 6.07) is 6.03. The van der Waals surface area contributed by atoms with E-state index in [1.165, 1.54) is 12.1 Å². The summed E-state index contributed by atoms with van der Waals surface area (Å²) in [6.45, 7) is 1.99. The first-order valence-corrected chi connectivity index (χ1v) is 10.4. The zero-order valence-corrected chi connectivity index (χ0v) is 15.8. The average Bonchev–Trinajstić information content (AvgIpc) is 2.82. The molecule has 1 aliphatic rings. The molecule has 0 spiro atoms. The van der Waals surface area contributed by atoms with Gasteiger partial charge in [-0.2, -0.15) is 0 Å². The third kappa shape index (κ3) is 5.04. The molecule has 0 aromatic heterocycles. The molecular weight excluding hydrogens is 356 g/mol. The lowest BCUT2D eigenvalue weighted by Gasteiger charge is -2.29. The minimum absolute atomic E-state index is 0.0105. The summed E-state index contributed by atoms with van der Waals surface area (Å²) in [5.41, 5.74) is -0.561. The number of aliphatic carboxylic acids is 1. The summed E-state index contributed by atoms with van der Waals surface area (Å²) in [4.78, 5) is 24.3. The van der Waals surface area contributed by atoms with Gasteiger partial charge in [-0.05, 0) is 30.5 Å². The molecule has 26 heavy (non-hydrogen) atoms. The molecule has 0 aliphatic heterocycles. The van der Waals surface area contributed by atoms with E-state index in [0.717, 1.165) is 25.7 Å². The summed E-state index contributed by atoms with van der Waals surface area (Å²) in [6.07, 6.45) is 4.41. The average molecular weight is 382 g/mol. The summed E-state index contributed by atoms with van der Waals surface area (Å²) in [7, 11) is -3.53. The SMILES string of the molecule is CCNS(=O)(=O)c1ccc(CC(=O)NC2(C(=O)O)CCCCCC2)cc1. The smallest absolute Gasteiger partial charge is 0.329 e. The van der Waals surface area contributed by atoms with E-state index in [-0.39, 0.29) is 17.2 Å². The van der Waals surface area contributed by atoms with Gasteiger partial charge >= 0.3 is 5.97 Å². The van der Waals surface area contributed by atoms with E-state index < -0.39 is 21.5 Å². The molecule has 1 aromatic carbocycles. The molecule has 0 unspecified atom stereocenters. The summed E-state index contributed by atoms with van der Waals surface area (Å²) < 4.78 is 26.2. The van der Waals surface area contributed by atoms with E-state index in [2.05, 4.69) is 10.0 Å². The monoisotopic (exact) mass is 382 g/mol. The second-order valence-electron chi connectivity index (χ2n) is 6.67. The number of sulfonamides is 1. The maximum absolute atomic E-state index is 12.4. The Morgan fingerprint density at radius 1 is 1.08 bits per heavy atom. The number of benzene rings is 1. The van der Waals surface area contributed by atoms with Crippen molar-refractivity contribution in [3.8, 4) is 0 Å². The van der Waals surface area contributed by atoms with E-state index in [9.17, 15) is 23.1 Å². The summed E-state index contributed by atoms with van der Waals surface area (Å²) in [5, 5.41) is 12.3. The predicted molar refractivity (Wildman–Crippen MR) is 97.2 cm³/mol. The fourth-order valence-electron chi connectivity index (χ4n) is 3.28. The van der Waals surface area contributed by atoms with E-state index in [0.29, 0.717) is 24.9 Å². The topological polar surface area (TPSA) is 113 Å². The Kier molecular flexibility index (Phi) is 6.77. The highest BCUT2D eigenvalue weighted by Gasteiger charge is 2.39. The highest BCUT2D eigenvalue weighted by atomic mass is 32.2. The molecule has 2 rings (SSSR count). The molecule has 1 aromatic rings. The maximum atomic E-state index is 12.4. The zero-order chi connectivity index (χ0) is 19.2. The van der Waals surface area contributed by atoms with Crippen molar-refractivity contribution in [1.82, 2.24) is 10.0 Å². The third-order valence-corrected chi connectivity index (χ3v) is 6.24. The van der Waals surface area contributed by atoms with Crippen LogP contribution in [0.1, 0.15) is 51.0 Å². The van der Waals surface area contributed by atoms with Crippen LogP contribution in [0.4, 0.5) is 0 Å². The molecule has 1 amide bonds. The standard InChI is InChI=1S/C18H26N2O5S/c1-2-19-26(24,25)15-9-7-14(8-10-15)13-16(21)20-18(17(22)23)11-5-3-4-6-12-18/h7-10,19H,2-6,11-13H2,1H3,(H,20,21)(H,22,23). The third-order valence-electron chi connectivity index (χ3n) is 4.68. The number of carbonyl (C=O) groups excluding carboxylic acids is 1. The van der Waals surface area contributed by atoms with E-state index in [1.54, 1.807) is 19.1 Å². The lowest BCUT2D eigenvalue weighted by molar-refractivity contribution is -0.148. The molecule has 144 valence electrons. The number of carbonyl (C=O) groups is 2. The number of carboxylic acids is 1. The fourth-order valence-corrected chi connectivity index (χ4v) is 4.32. The van der Waals surface area contributed by atoms with Crippen LogP contribution in [-0.4, -0.2) is 37.5 Å². The number of nitrogens with one attached hydrogen (secondary N) is 2. The molecule has 3 N–H and O–H groups in total. The van der Waals surface area contributed by atoms with Gasteiger partial charge in [-0.1, -0.05) is 44.7 Å². The number of carboxylic acid groups (broad SMARTS) is 1. The van der Waals surface area contributed by atoms with Crippen LogP contribution in [0.15, 0.2) is 29.2 Å². The van der Waals surface area contributed by atoms with Gasteiger partial charge in [0.05, 0.1) is 11.3 Å². The van der Waals surface area contributed by atoms with Crippen LogP contribution in [0, 0.1) is 0 Å². The van der Waals surface area contributed by atoms with Crippen molar-refractivity contribution in [2.45, 2.75) is 62.3 Å². The number of rotatable bonds is 7. The molecule has 0 bridgehead atoms. The highest BCUT2D eigenvalue weighted by Crippen LogP contribution is 2.27. The second kappa shape index (κ2) is 8.64. The van der Waals surface area contributed by atoms with Crippen molar-refractivity contribution >= 4 is 21.9 Å². The number of amides is 1. The van der Waals surface area contributed by atoms with Crippen molar-refractivity contribution in [3.63, 3.8) is 0 Å². The van der Waals surface area contributed by atoms with Crippen LogP contribution < -0.4 is 10.0 Å². The van der Waals surface area contributed by atoms with Crippen molar-refractivity contribution in [2.24, 2.45) is 0 Å². The van der Waals surface area contributed by atoms with Gasteiger partial charge in [0, 0.05) is 6.54 Å². The van der Waals surface area contributed by atoms with E-state index in [4.69, 9.17) is 0 Å². The van der Waals surface area contributed by atoms with Crippen molar-refractivity contribution < 1.29 is 23.1 Å². The molecule has 0 saturated heterocycles. The molecular formula is C18H26N2O5S. The zero-order valence-electron chi connectivity index (χ0n) is 15.0. The van der Waals surface area contributed by atoms with E-state index >= 15 is 0 Å². The van der Waals surface area contributed by atoms with Gasteiger partial charge in [-0.15, -0.1) is 0 Å². The Labute approximate surface area is 154 Å². The van der Waals surface area contributed by atoms with Gasteiger partial charge < -0.3 is 10.4 Å². The largest absolute Gasteiger partial charge is 0.480 e. The van der Waals surface area contributed by atoms with Gasteiger partial charge in [0.1, 0.15) is 5.54 Å². The lowest BCUT2D eigenvalue weighted by Crippen LogP contribution is -2.54. The fraction of sp³-hybridized carbons (Fsp3) is 0.556. The Morgan fingerprint density at radius 2 is 1.65 bits per heavy atom. The Bertz CT molecular complexity index is 735. The first-order valence-electron chi connectivity index (χ1n) is 8.92. The molecule has 1 saturated carbocycles. The molecule has 8 heteroatoms. The number of hydrogen-bond acceptors (Lipinski definition) is 4. The van der Waals surface area contributed by atoms with Crippen molar-refractivity contribution in [3.05, 3.63) is 29.8 Å². The molecule has 0 radical (unpaired) electrons. The lowest BCUT2D eigenvalue weighted by atomic mass is 9.90. The molecule has 1 fully saturated rings. The van der Waals surface area contributed by atoms with Gasteiger partial charge in [0.2, 0.25) is 15.9 Å². The van der Waals surface area contributed by atoms with Gasteiger partial charge in [-0.25, -0.2) is 17.9 Å². The number of hydrogen-bond donors (Lipinski definition) is 3. The van der Waals surface area contributed by atoms with Crippen LogP contribution >= 0.6 is 0 Å². The summed E-state index contributed by atoms with van der Waals surface area (Å²) in [5.74, 6) is -1.35. The van der Waals surface area contributed by atoms with Crippen LogP contribution in [0.5, 0.6) is 0 Å². The van der Waals surface area contributed by atoms with Gasteiger partial charge in [0.15, 0.2) is 0 Å². The predicted octanol–water partition coefficient (Wildman–Crippen LogP) is 1.82. The van der Waals surface area contributed by atoms with Crippen LogP contribution in [0.25, 0.3) is 0 Å². The first-order chi connectivity index (χ1) is 12.3. The van der Waals surface area contributed by atoms with Crippen LogP contribution in [0.3, 0.4) is 0 Å². The Hall–Kier alpha value is -1.93. The summed E-state index contributed by atoms with van der Waals surface area (Å²) >= 11 is 0.